The molecule has 1 aromatic heterocycles. The van der Waals surface area contributed by atoms with Crippen molar-refractivity contribution < 1.29 is 4.79 Å². The minimum Gasteiger partial charge on any atom is -0.359 e. The van der Waals surface area contributed by atoms with Gasteiger partial charge in [-0.25, -0.2) is 0 Å². The first kappa shape index (κ1) is 8.32. The van der Waals surface area contributed by atoms with Gasteiger partial charge in [-0.15, -0.1) is 0 Å². The topological polar surface area (TPSA) is 68.7 Å². The minimum absolute atomic E-state index is 0.632. The van der Waals surface area contributed by atoms with Crippen LogP contribution < -0.4 is 5.32 Å². The average molecular weight is 185 g/mol. The number of carbonyl (C=O) groups excluding carboxylic acids is 1. The average Bonchev–Trinajstić information content (AvgIpc) is 2.62. The van der Waals surface area contributed by atoms with Gasteiger partial charge in [0, 0.05) is 17.1 Å². The highest BCUT2D eigenvalue weighted by Crippen LogP contribution is 2.21. The summed E-state index contributed by atoms with van der Waals surface area (Å²) in [6.45, 7) is 0. The maximum Gasteiger partial charge on any atom is 0.326 e. The number of benzene rings is 1. The molecular weight excluding hydrogens is 178 g/mol. The Labute approximate surface area is 80.2 Å². The number of anilines is 1. The standard InChI is InChI=1S/C10H7N3O/c11-5-10(14)13-9-6-12-8-4-2-1-3-7(8)9/h1-4,6,12H,(H,13,14). The Hall–Kier alpha value is -2.28. The first-order chi connectivity index (χ1) is 6.81. The molecule has 1 heterocycles. The normalized spacial score (nSPS) is 9.64. The predicted molar refractivity (Wildman–Crippen MR) is 52.5 cm³/mol. The molecule has 0 radical (unpaired) electrons. The molecule has 0 spiro atoms. The van der Waals surface area contributed by atoms with Gasteiger partial charge in [0.2, 0.25) is 0 Å². The van der Waals surface area contributed by atoms with Crippen molar-refractivity contribution in [2.75, 3.05) is 5.32 Å². The molecule has 0 saturated carbocycles. The second-order valence-electron chi connectivity index (χ2n) is 2.81. The monoisotopic (exact) mass is 185 g/mol. The molecule has 0 atom stereocenters. The highest BCUT2D eigenvalue weighted by molar-refractivity contribution is 6.07. The van der Waals surface area contributed by atoms with Crippen molar-refractivity contribution in [3.63, 3.8) is 0 Å². The van der Waals surface area contributed by atoms with Crippen LogP contribution >= 0.6 is 0 Å². The fourth-order valence-electron chi connectivity index (χ4n) is 1.33. The zero-order valence-electron chi connectivity index (χ0n) is 7.24. The van der Waals surface area contributed by atoms with Gasteiger partial charge in [0.25, 0.3) is 0 Å². The van der Waals surface area contributed by atoms with Crippen LogP contribution in [0.3, 0.4) is 0 Å². The Bertz CT molecular complexity index is 521. The van der Waals surface area contributed by atoms with Crippen LogP contribution in [-0.2, 0) is 4.79 Å². The van der Waals surface area contributed by atoms with Crippen LogP contribution in [0.5, 0.6) is 0 Å². The van der Waals surface area contributed by atoms with Crippen LogP contribution in [0.15, 0.2) is 30.5 Å². The number of nitriles is 1. The summed E-state index contributed by atoms with van der Waals surface area (Å²) in [6, 6.07) is 9.05. The first-order valence-electron chi connectivity index (χ1n) is 4.08. The van der Waals surface area contributed by atoms with Crippen LogP contribution in [0.25, 0.3) is 10.9 Å². The van der Waals surface area contributed by atoms with Crippen LogP contribution in [0.4, 0.5) is 5.69 Å². The molecule has 0 aliphatic heterocycles. The van der Waals surface area contributed by atoms with E-state index in [1.54, 1.807) is 6.20 Å². The van der Waals surface area contributed by atoms with Crippen LogP contribution in [-0.4, -0.2) is 10.9 Å². The lowest BCUT2D eigenvalue weighted by Gasteiger charge is -1.96. The number of para-hydroxylation sites is 1. The molecule has 2 rings (SSSR count). The van der Waals surface area contributed by atoms with Crippen LogP contribution in [0.2, 0.25) is 0 Å². The molecule has 4 heteroatoms. The predicted octanol–water partition coefficient (Wildman–Crippen LogP) is 1.63. The molecule has 0 aliphatic rings. The fourth-order valence-corrected chi connectivity index (χ4v) is 1.33. The molecule has 1 amide bonds. The third-order valence-corrected chi connectivity index (χ3v) is 1.94. The fraction of sp³-hybridized carbons (Fsp3) is 0. The molecule has 1 aromatic carbocycles. The number of rotatable bonds is 1. The summed E-state index contributed by atoms with van der Waals surface area (Å²) < 4.78 is 0. The Morgan fingerprint density at radius 3 is 3.00 bits per heavy atom. The van der Waals surface area contributed by atoms with Gasteiger partial charge in [0.05, 0.1) is 5.69 Å². The number of amides is 1. The number of aromatic nitrogens is 1. The van der Waals surface area contributed by atoms with Gasteiger partial charge in [0.1, 0.15) is 0 Å². The SMILES string of the molecule is N#CC(=O)Nc1c[nH]c2ccccc12. The molecular formula is C10H7N3O. The van der Waals surface area contributed by atoms with Gasteiger partial charge in [-0.1, -0.05) is 18.2 Å². The number of nitrogens with one attached hydrogen (secondary N) is 2. The summed E-state index contributed by atoms with van der Waals surface area (Å²) in [5.74, 6) is -0.658. The van der Waals surface area contributed by atoms with E-state index in [4.69, 9.17) is 5.26 Å². The lowest BCUT2D eigenvalue weighted by Crippen LogP contribution is -2.07. The molecule has 0 saturated heterocycles. The van der Waals surface area contributed by atoms with E-state index in [9.17, 15) is 4.79 Å². The van der Waals surface area contributed by atoms with Gasteiger partial charge in [0.15, 0.2) is 6.07 Å². The molecule has 2 N–H and O–H groups in total. The van der Waals surface area contributed by atoms with E-state index in [2.05, 4.69) is 10.3 Å². The summed E-state index contributed by atoms with van der Waals surface area (Å²) in [7, 11) is 0. The maximum absolute atomic E-state index is 10.8. The minimum atomic E-state index is -0.658. The van der Waals surface area contributed by atoms with Gasteiger partial charge in [-0.05, 0) is 6.07 Å². The number of hydrogen-bond acceptors (Lipinski definition) is 2. The molecule has 0 bridgehead atoms. The number of fused-ring (bicyclic) bond motifs is 1. The maximum atomic E-state index is 10.8. The van der Waals surface area contributed by atoms with Crippen molar-refractivity contribution >= 4 is 22.5 Å². The van der Waals surface area contributed by atoms with Crippen molar-refractivity contribution in [1.82, 2.24) is 4.98 Å². The van der Waals surface area contributed by atoms with Crippen molar-refractivity contribution in [2.24, 2.45) is 0 Å². The molecule has 68 valence electrons. The Balaban J connectivity index is 2.44. The van der Waals surface area contributed by atoms with Gasteiger partial charge in [-0.2, -0.15) is 5.26 Å². The van der Waals surface area contributed by atoms with Crippen molar-refractivity contribution in [1.29, 1.82) is 5.26 Å². The second-order valence-corrected chi connectivity index (χ2v) is 2.81. The van der Waals surface area contributed by atoms with Gasteiger partial charge in [-0.3, -0.25) is 4.79 Å². The molecule has 0 fully saturated rings. The number of H-pyrrole nitrogens is 1. The summed E-state index contributed by atoms with van der Waals surface area (Å²) in [5.41, 5.74) is 1.56. The highest BCUT2D eigenvalue weighted by Gasteiger charge is 2.05. The zero-order chi connectivity index (χ0) is 9.97. The van der Waals surface area contributed by atoms with Gasteiger partial charge >= 0.3 is 5.91 Å². The second kappa shape index (κ2) is 3.23. The van der Waals surface area contributed by atoms with Crippen LogP contribution in [0.1, 0.15) is 0 Å². The Morgan fingerprint density at radius 1 is 1.43 bits per heavy atom. The highest BCUT2D eigenvalue weighted by atomic mass is 16.1. The molecule has 0 unspecified atom stereocenters. The van der Waals surface area contributed by atoms with Crippen molar-refractivity contribution in [3.8, 4) is 6.07 Å². The zero-order valence-corrected chi connectivity index (χ0v) is 7.24. The lowest BCUT2D eigenvalue weighted by atomic mass is 10.2. The van der Waals surface area contributed by atoms with E-state index in [0.717, 1.165) is 10.9 Å². The summed E-state index contributed by atoms with van der Waals surface area (Å²) in [4.78, 5) is 13.8. The molecule has 0 aliphatic carbocycles. The molecule has 2 aromatic rings. The third kappa shape index (κ3) is 1.31. The summed E-state index contributed by atoms with van der Waals surface area (Å²) in [6.07, 6.45) is 1.67. The lowest BCUT2D eigenvalue weighted by molar-refractivity contribution is -0.111. The summed E-state index contributed by atoms with van der Waals surface area (Å²) in [5, 5.41) is 11.7. The quantitative estimate of drug-likeness (QED) is 0.663. The number of aromatic amines is 1. The largest absolute Gasteiger partial charge is 0.359 e. The Kier molecular flexibility index (Phi) is 1.92. The van der Waals surface area contributed by atoms with E-state index in [-0.39, 0.29) is 0 Å². The molecule has 4 nitrogen and oxygen atoms in total. The van der Waals surface area contributed by atoms with E-state index >= 15 is 0 Å². The van der Waals surface area contributed by atoms with E-state index in [1.807, 2.05) is 24.3 Å². The summed E-state index contributed by atoms with van der Waals surface area (Å²) >= 11 is 0. The Morgan fingerprint density at radius 2 is 2.21 bits per heavy atom. The van der Waals surface area contributed by atoms with E-state index in [1.165, 1.54) is 6.07 Å². The number of carbonyl (C=O) groups is 1. The third-order valence-electron chi connectivity index (χ3n) is 1.94. The molecule has 14 heavy (non-hydrogen) atoms. The van der Waals surface area contributed by atoms with E-state index < -0.39 is 5.91 Å². The van der Waals surface area contributed by atoms with Crippen molar-refractivity contribution in [2.45, 2.75) is 0 Å². The van der Waals surface area contributed by atoms with Crippen molar-refractivity contribution in [3.05, 3.63) is 30.5 Å². The number of hydrogen-bond donors (Lipinski definition) is 2. The first-order valence-corrected chi connectivity index (χ1v) is 4.08. The van der Waals surface area contributed by atoms with Crippen LogP contribution in [0, 0.1) is 11.3 Å². The number of nitrogens with zero attached hydrogens (tertiary/aromatic N) is 1. The van der Waals surface area contributed by atoms with Gasteiger partial charge < -0.3 is 10.3 Å². The van der Waals surface area contributed by atoms with E-state index in [0.29, 0.717) is 5.69 Å². The smallest absolute Gasteiger partial charge is 0.326 e.